The molecule has 0 aromatic heterocycles. The lowest BCUT2D eigenvalue weighted by Gasteiger charge is -2.12. The fourth-order valence-electron chi connectivity index (χ4n) is 1.37. The number of methoxy groups -OCH3 is 2. The van der Waals surface area contributed by atoms with Crippen LogP contribution in [0.1, 0.15) is 10.4 Å². The van der Waals surface area contributed by atoms with Gasteiger partial charge in [-0.15, -0.1) is 0 Å². The molecule has 0 radical (unpaired) electrons. The number of aromatic hydroxyl groups is 1. The number of halogens is 1. The van der Waals surface area contributed by atoms with Crippen molar-refractivity contribution in [2.75, 3.05) is 20.8 Å². The second-order valence-electron chi connectivity index (χ2n) is 3.54. The van der Waals surface area contributed by atoms with E-state index in [4.69, 9.17) is 16.3 Å². The zero-order valence-corrected chi connectivity index (χ0v) is 11.7. The van der Waals surface area contributed by atoms with Crippen molar-refractivity contribution in [3.8, 4) is 11.5 Å². The number of ether oxygens (including phenoxy) is 3. The Morgan fingerprint density at radius 3 is 2.48 bits per heavy atom. The standard InChI is InChI=1S/C11H10ClNO8/c1-19-7(14)4-21-10-6(13(17)18)3-5(12)9(15)8(10)11(16)20-2/h3,15H,4H2,1-2H3. The van der Waals surface area contributed by atoms with E-state index in [-0.39, 0.29) is 0 Å². The van der Waals surface area contributed by atoms with Crippen molar-refractivity contribution in [3.05, 3.63) is 26.8 Å². The Balaban J connectivity index is 3.46. The highest BCUT2D eigenvalue weighted by Crippen LogP contribution is 2.42. The zero-order valence-electron chi connectivity index (χ0n) is 10.9. The first-order chi connectivity index (χ1) is 9.83. The minimum Gasteiger partial charge on any atom is -0.505 e. The Kier molecular flexibility index (Phi) is 5.30. The summed E-state index contributed by atoms with van der Waals surface area (Å²) in [6, 6.07) is 0.788. The molecule has 0 heterocycles. The summed E-state index contributed by atoms with van der Waals surface area (Å²) in [5.41, 5.74) is -1.36. The topological polar surface area (TPSA) is 125 Å². The summed E-state index contributed by atoms with van der Waals surface area (Å²) in [6.45, 7) is -0.706. The number of nitro benzene ring substituents is 1. The minimum absolute atomic E-state index is 0.437. The SMILES string of the molecule is COC(=O)COc1c([N+](=O)[O-])cc(Cl)c(O)c1C(=O)OC. The molecule has 0 aliphatic carbocycles. The third-order valence-electron chi connectivity index (χ3n) is 2.33. The number of carbonyl (C=O) groups is 2. The predicted molar refractivity (Wildman–Crippen MR) is 68.6 cm³/mol. The van der Waals surface area contributed by atoms with E-state index in [0.29, 0.717) is 0 Å². The van der Waals surface area contributed by atoms with Crippen molar-refractivity contribution in [2.45, 2.75) is 0 Å². The summed E-state index contributed by atoms with van der Waals surface area (Å²) < 4.78 is 13.6. The summed E-state index contributed by atoms with van der Waals surface area (Å²) in [5, 5.41) is 20.3. The van der Waals surface area contributed by atoms with Gasteiger partial charge in [0.25, 0.3) is 0 Å². The molecular weight excluding hydrogens is 310 g/mol. The van der Waals surface area contributed by atoms with Crippen molar-refractivity contribution in [1.82, 2.24) is 0 Å². The van der Waals surface area contributed by atoms with Gasteiger partial charge in [0.05, 0.1) is 24.2 Å². The van der Waals surface area contributed by atoms with E-state index in [1.54, 1.807) is 0 Å². The molecule has 1 rings (SSSR count). The Morgan fingerprint density at radius 1 is 1.38 bits per heavy atom. The molecule has 21 heavy (non-hydrogen) atoms. The molecule has 0 aliphatic heterocycles. The molecule has 0 spiro atoms. The van der Waals surface area contributed by atoms with Gasteiger partial charge < -0.3 is 19.3 Å². The second kappa shape index (κ2) is 6.75. The third kappa shape index (κ3) is 3.51. The molecule has 0 unspecified atom stereocenters. The van der Waals surface area contributed by atoms with Crippen molar-refractivity contribution in [3.63, 3.8) is 0 Å². The maximum atomic E-state index is 11.6. The molecule has 0 aliphatic rings. The van der Waals surface area contributed by atoms with Crippen LogP contribution in [0.3, 0.4) is 0 Å². The number of phenolic OH excluding ortho intramolecular Hbond substituents is 1. The van der Waals surface area contributed by atoms with Crippen molar-refractivity contribution in [2.24, 2.45) is 0 Å². The van der Waals surface area contributed by atoms with Crippen LogP contribution in [0.25, 0.3) is 0 Å². The molecule has 0 bridgehead atoms. The van der Waals surface area contributed by atoms with Gasteiger partial charge in [0.2, 0.25) is 5.75 Å². The van der Waals surface area contributed by atoms with Crippen LogP contribution in [0.5, 0.6) is 11.5 Å². The fraction of sp³-hybridized carbons (Fsp3) is 0.273. The van der Waals surface area contributed by atoms with Gasteiger partial charge in [-0.25, -0.2) is 9.59 Å². The molecule has 0 amide bonds. The highest BCUT2D eigenvalue weighted by atomic mass is 35.5. The van der Waals surface area contributed by atoms with Gasteiger partial charge in [0.1, 0.15) is 0 Å². The number of rotatable bonds is 5. The van der Waals surface area contributed by atoms with Gasteiger partial charge in [-0.3, -0.25) is 10.1 Å². The summed E-state index contributed by atoms with van der Waals surface area (Å²) in [5.74, 6) is -3.35. The summed E-state index contributed by atoms with van der Waals surface area (Å²) in [6.07, 6.45) is 0. The molecule has 10 heteroatoms. The molecule has 0 saturated heterocycles. The third-order valence-corrected chi connectivity index (χ3v) is 2.62. The summed E-state index contributed by atoms with van der Waals surface area (Å²) in [4.78, 5) is 32.8. The van der Waals surface area contributed by atoms with Gasteiger partial charge in [-0.05, 0) is 0 Å². The fourth-order valence-corrected chi connectivity index (χ4v) is 1.57. The van der Waals surface area contributed by atoms with Crippen molar-refractivity contribution < 1.29 is 33.8 Å². The van der Waals surface area contributed by atoms with Crippen LogP contribution in [-0.2, 0) is 14.3 Å². The van der Waals surface area contributed by atoms with Crippen LogP contribution >= 0.6 is 11.6 Å². The lowest BCUT2D eigenvalue weighted by Crippen LogP contribution is -2.16. The molecule has 0 atom stereocenters. The van der Waals surface area contributed by atoms with Crippen molar-refractivity contribution >= 4 is 29.2 Å². The summed E-state index contributed by atoms with van der Waals surface area (Å²) >= 11 is 5.62. The van der Waals surface area contributed by atoms with E-state index in [1.807, 2.05) is 0 Å². The predicted octanol–water partition coefficient (Wildman–Crippen LogP) is 1.29. The lowest BCUT2D eigenvalue weighted by molar-refractivity contribution is -0.385. The molecule has 114 valence electrons. The number of hydrogen-bond donors (Lipinski definition) is 1. The lowest BCUT2D eigenvalue weighted by atomic mass is 10.1. The normalized spacial score (nSPS) is 9.86. The highest BCUT2D eigenvalue weighted by molar-refractivity contribution is 6.33. The van der Waals surface area contributed by atoms with Crippen LogP contribution < -0.4 is 4.74 Å². The zero-order chi connectivity index (χ0) is 16.2. The average Bonchev–Trinajstić information content (AvgIpc) is 2.46. The Morgan fingerprint density at radius 2 is 2.00 bits per heavy atom. The Bertz CT molecular complexity index is 600. The van der Waals surface area contributed by atoms with Crippen LogP contribution in [0.4, 0.5) is 5.69 Å². The van der Waals surface area contributed by atoms with E-state index in [9.17, 15) is 24.8 Å². The summed E-state index contributed by atoms with van der Waals surface area (Å²) in [7, 11) is 2.08. The molecule has 1 aromatic rings. The largest absolute Gasteiger partial charge is 0.505 e. The molecular formula is C11H10ClNO8. The molecule has 1 aromatic carbocycles. The van der Waals surface area contributed by atoms with Crippen LogP contribution in [0.15, 0.2) is 6.07 Å². The molecule has 1 N–H and O–H groups in total. The van der Waals surface area contributed by atoms with Crippen LogP contribution in [0.2, 0.25) is 5.02 Å². The molecule has 0 saturated carbocycles. The maximum Gasteiger partial charge on any atom is 0.345 e. The Hall–Kier alpha value is -2.55. The highest BCUT2D eigenvalue weighted by Gasteiger charge is 2.31. The number of nitro groups is 1. The number of nitrogens with zero attached hydrogens (tertiary/aromatic N) is 1. The van der Waals surface area contributed by atoms with E-state index in [1.165, 1.54) is 0 Å². The maximum absolute atomic E-state index is 11.6. The van der Waals surface area contributed by atoms with Crippen LogP contribution in [0, 0.1) is 10.1 Å². The van der Waals surface area contributed by atoms with Gasteiger partial charge >= 0.3 is 17.6 Å². The van der Waals surface area contributed by atoms with Gasteiger partial charge in [0.15, 0.2) is 17.9 Å². The minimum atomic E-state index is -1.11. The smallest absolute Gasteiger partial charge is 0.345 e. The number of carbonyl (C=O) groups excluding carboxylic acids is 2. The van der Waals surface area contributed by atoms with Gasteiger partial charge in [-0.1, -0.05) is 11.6 Å². The number of esters is 2. The first-order valence-electron chi connectivity index (χ1n) is 5.31. The van der Waals surface area contributed by atoms with E-state index < -0.39 is 51.2 Å². The van der Waals surface area contributed by atoms with Crippen molar-refractivity contribution in [1.29, 1.82) is 0 Å². The number of hydrogen-bond acceptors (Lipinski definition) is 8. The second-order valence-corrected chi connectivity index (χ2v) is 3.95. The quantitative estimate of drug-likeness (QED) is 0.489. The molecule has 9 nitrogen and oxygen atoms in total. The number of phenols is 1. The first kappa shape index (κ1) is 16.5. The van der Waals surface area contributed by atoms with Gasteiger partial charge in [-0.2, -0.15) is 0 Å². The van der Waals surface area contributed by atoms with E-state index in [2.05, 4.69) is 9.47 Å². The molecule has 0 fully saturated rings. The monoisotopic (exact) mass is 319 g/mol. The first-order valence-corrected chi connectivity index (χ1v) is 5.69. The van der Waals surface area contributed by atoms with E-state index >= 15 is 0 Å². The van der Waals surface area contributed by atoms with E-state index in [0.717, 1.165) is 20.3 Å². The average molecular weight is 320 g/mol. The van der Waals surface area contributed by atoms with Crippen LogP contribution in [-0.4, -0.2) is 42.8 Å². The van der Waals surface area contributed by atoms with Gasteiger partial charge in [0, 0.05) is 6.07 Å². The number of benzene rings is 1. The Labute approximate surface area is 123 Å².